The van der Waals surface area contributed by atoms with Gasteiger partial charge in [0.2, 0.25) is 0 Å². The summed E-state index contributed by atoms with van der Waals surface area (Å²) in [5, 5.41) is 11.5. The second-order valence-electron chi connectivity index (χ2n) is 4.40. The molecule has 3 aromatic rings. The number of nitrogens with one attached hydrogen (secondary N) is 1. The Balaban J connectivity index is 2.08. The molecule has 0 fully saturated rings. The molecule has 0 amide bonds. The molecule has 104 valence electrons. The van der Waals surface area contributed by atoms with Gasteiger partial charge in [-0.2, -0.15) is 0 Å². The summed E-state index contributed by atoms with van der Waals surface area (Å²) in [6.07, 6.45) is 0. The molecular weight excluding hydrogens is 272 g/mol. The molecule has 0 aliphatic heterocycles. The van der Waals surface area contributed by atoms with Crippen LogP contribution in [-0.2, 0) is 0 Å². The smallest absolute Gasteiger partial charge is 0.273 e. The highest BCUT2D eigenvalue weighted by Gasteiger charge is 2.09. The van der Waals surface area contributed by atoms with Gasteiger partial charge in [0, 0.05) is 17.5 Å². The molecule has 21 heavy (non-hydrogen) atoms. The minimum atomic E-state index is -0.497. The van der Waals surface area contributed by atoms with Gasteiger partial charge in [0.05, 0.1) is 16.5 Å². The SMILES string of the molecule is O=c1cc(Oc2cccc([N+](=O)[O-])c2)c2ccccc2[nH]1. The fourth-order valence-corrected chi connectivity index (χ4v) is 2.04. The number of rotatable bonds is 3. The lowest BCUT2D eigenvalue weighted by Gasteiger charge is -2.08. The summed E-state index contributed by atoms with van der Waals surface area (Å²) >= 11 is 0. The Morgan fingerprint density at radius 3 is 2.67 bits per heavy atom. The number of para-hydroxylation sites is 1. The predicted molar refractivity (Wildman–Crippen MR) is 77.7 cm³/mol. The van der Waals surface area contributed by atoms with Crippen molar-refractivity contribution in [2.45, 2.75) is 0 Å². The van der Waals surface area contributed by atoms with Gasteiger partial charge in [-0.25, -0.2) is 0 Å². The van der Waals surface area contributed by atoms with Crippen molar-refractivity contribution in [2.75, 3.05) is 0 Å². The van der Waals surface area contributed by atoms with Crippen molar-refractivity contribution in [3.8, 4) is 11.5 Å². The molecule has 6 nitrogen and oxygen atoms in total. The van der Waals surface area contributed by atoms with Crippen LogP contribution in [0.5, 0.6) is 11.5 Å². The van der Waals surface area contributed by atoms with E-state index >= 15 is 0 Å². The van der Waals surface area contributed by atoms with Crippen LogP contribution in [0.3, 0.4) is 0 Å². The highest BCUT2D eigenvalue weighted by Crippen LogP contribution is 2.29. The molecule has 0 saturated heterocycles. The molecular formula is C15H10N2O4. The van der Waals surface area contributed by atoms with Crippen molar-refractivity contribution >= 4 is 16.6 Å². The number of nitro benzene ring substituents is 1. The number of benzene rings is 2. The van der Waals surface area contributed by atoms with Crippen LogP contribution in [0.25, 0.3) is 10.9 Å². The second-order valence-corrected chi connectivity index (χ2v) is 4.40. The van der Waals surface area contributed by atoms with Gasteiger partial charge in [0.25, 0.3) is 11.2 Å². The van der Waals surface area contributed by atoms with Crippen molar-refractivity contribution < 1.29 is 9.66 Å². The number of aromatic amines is 1. The van der Waals surface area contributed by atoms with Crippen LogP contribution in [0, 0.1) is 10.1 Å². The van der Waals surface area contributed by atoms with E-state index in [0.717, 1.165) is 5.39 Å². The van der Waals surface area contributed by atoms with Gasteiger partial charge in [-0.1, -0.05) is 18.2 Å². The summed E-state index contributed by atoms with van der Waals surface area (Å²) in [6.45, 7) is 0. The van der Waals surface area contributed by atoms with Gasteiger partial charge in [-0.3, -0.25) is 14.9 Å². The van der Waals surface area contributed by atoms with Crippen molar-refractivity contribution in [1.29, 1.82) is 0 Å². The van der Waals surface area contributed by atoms with Crippen LogP contribution in [0.4, 0.5) is 5.69 Å². The zero-order valence-corrected chi connectivity index (χ0v) is 10.8. The van der Waals surface area contributed by atoms with E-state index in [9.17, 15) is 14.9 Å². The van der Waals surface area contributed by atoms with Gasteiger partial charge in [0.1, 0.15) is 11.5 Å². The molecule has 0 unspecified atom stereocenters. The minimum Gasteiger partial charge on any atom is -0.456 e. The van der Waals surface area contributed by atoms with Gasteiger partial charge in [-0.05, 0) is 18.2 Å². The average molecular weight is 282 g/mol. The number of H-pyrrole nitrogens is 1. The van der Waals surface area contributed by atoms with Crippen molar-refractivity contribution in [3.05, 3.63) is 75.1 Å². The summed E-state index contributed by atoms with van der Waals surface area (Å²) in [5.74, 6) is 0.662. The maximum atomic E-state index is 11.6. The zero-order chi connectivity index (χ0) is 14.8. The summed E-state index contributed by atoms with van der Waals surface area (Å²) in [6, 6.07) is 14.3. The lowest BCUT2D eigenvalue weighted by Crippen LogP contribution is -2.04. The first-order valence-electron chi connectivity index (χ1n) is 6.18. The highest BCUT2D eigenvalue weighted by molar-refractivity contribution is 5.84. The summed E-state index contributed by atoms with van der Waals surface area (Å²) < 4.78 is 5.64. The Hall–Kier alpha value is -3.15. The minimum absolute atomic E-state index is 0.0679. The number of non-ortho nitro benzene ring substituents is 1. The number of fused-ring (bicyclic) bond motifs is 1. The molecule has 3 rings (SSSR count). The first kappa shape index (κ1) is 12.9. The molecule has 0 saturated carbocycles. The Kier molecular flexibility index (Phi) is 3.12. The molecule has 0 aliphatic carbocycles. The van der Waals surface area contributed by atoms with Gasteiger partial charge >= 0.3 is 0 Å². The standard InChI is InChI=1S/C15H10N2O4/c18-15-9-14(12-6-1-2-7-13(12)16-15)21-11-5-3-4-10(8-11)17(19)20/h1-9H,(H,16,18). The van der Waals surface area contributed by atoms with E-state index in [2.05, 4.69) is 4.98 Å². The van der Waals surface area contributed by atoms with Crippen LogP contribution in [0.1, 0.15) is 0 Å². The van der Waals surface area contributed by atoms with Crippen molar-refractivity contribution in [3.63, 3.8) is 0 Å². The molecule has 0 radical (unpaired) electrons. The lowest BCUT2D eigenvalue weighted by molar-refractivity contribution is -0.384. The highest BCUT2D eigenvalue weighted by atomic mass is 16.6. The number of nitrogens with zero attached hydrogens (tertiary/aromatic N) is 1. The Labute approximate surface area is 118 Å². The van der Waals surface area contributed by atoms with Gasteiger partial charge in [-0.15, -0.1) is 0 Å². The van der Waals surface area contributed by atoms with Crippen LogP contribution < -0.4 is 10.3 Å². The molecule has 0 bridgehead atoms. The largest absolute Gasteiger partial charge is 0.456 e. The number of ether oxygens (including phenoxy) is 1. The van der Waals surface area contributed by atoms with E-state index < -0.39 is 4.92 Å². The summed E-state index contributed by atoms with van der Waals surface area (Å²) in [5.41, 5.74) is 0.279. The quantitative estimate of drug-likeness (QED) is 0.590. The second kappa shape index (κ2) is 5.09. The molecule has 1 aromatic heterocycles. The fraction of sp³-hybridized carbons (Fsp3) is 0. The third-order valence-electron chi connectivity index (χ3n) is 2.97. The van der Waals surface area contributed by atoms with Crippen LogP contribution in [-0.4, -0.2) is 9.91 Å². The molecule has 6 heteroatoms. The molecule has 0 spiro atoms. The van der Waals surface area contributed by atoms with E-state index in [0.29, 0.717) is 17.0 Å². The normalized spacial score (nSPS) is 10.5. The van der Waals surface area contributed by atoms with Gasteiger partial charge < -0.3 is 9.72 Å². The average Bonchev–Trinajstić information content (AvgIpc) is 2.47. The monoisotopic (exact) mass is 282 g/mol. The van der Waals surface area contributed by atoms with Gasteiger partial charge in [0.15, 0.2) is 0 Å². The number of pyridine rings is 1. The maximum absolute atomic E-state index is 11.6. The van der Waals surface area contributed by atoms with Crippen molar-refractivity contribution in [2.24, 2.45) is 0 Å². The Morgan fingerprint density at radius 2 is 1.86 bits per heavy atom. The van der Waals surface area contributed by atoms with E-state index in [4.69, 9.17) is 4.74 Å². The first-order chi connectivity index (χ1) is 10.1. The summed E-state index contributed by atoms with van der Waals surface area (Å²) in [4.78, 5) is 24.6. The molecule has 1 N–H and O–H groups in total. The number of aromatic nitrogens is 1. The Bertz CT molecular complexity index is 886. The zero-order valence-electron chi connectivity index (χ0n) is 10.8. The van der Waals surface area contributed by atoms with Crippen LogP contribution in [0.15, 0.2) is 59.4 Å². The predicted octanol–water partition coefficient (Wildman–Crippen LogP) is 3.23. The van der Waals surface area contributed by atoms with E-state index in [1.54, 1.807) is 24.3 Å². The molecule has 1 heterocycles. The topological polar surface area (TPSA) is 85.2 Å². The third kappa shape index (κ3) is 2.59. The van der Waals surface area contributed by atoms with Crippen molar-refractivity contribution in [1.82, 2.24) is 4.98 Å². The van der Waals surface area contributed by atoms with E-state index in [-0.39, 0.29) is 11.2 Å². The number of hydrogen-bond acceptors (Lipinski definition) is 4. The lowest BCUT2D eigenvalue weighted by atomic mass is 10.2. The van der Waals surface area contributed by atoms with E-state index in [1.165, 1.54) is 24.3 Å². The molecule has 0 aliphatic rings. The van der Waals surface area contributed by atoms with E-state index in [1.807, 2.05) is 6.07 Å². The maximum Gasteiger partial charge on any atom is 0.273 e. The summed E-state index contributed by atoms with van der Waals surface area (Å²) in [7, 11) is 0. The number of hydrogen-bond donors (Lipinski definition) is 1. The fourth-order valence-electron chi connectivity index (χ4n) is 2.04. The van der Waals surface area contributed by atoms with Crippen LogP contribution >= 0.6 is 0 Å². The van der Waals surface area contributed by atoms with Crippen LogP contribution in [0.2, 0.25) is 0 Å². The molecule has 0 atom stereocenters. The first-order valence-corrected chi connectivity index (χ1v) is 6.18. The third-order valence-corrected chi connectivity index (χ3v) is 2.97. The molecule has 2 aromatic carbocycles. The Morgan fingerprint density at radius 1 is 1.05 bits per heavy atom. The number of nitro groups is 1.